The van der Waals surface area contributed by atoms with Gasteiger partial charge < -0.3 is 4.74 Å². The lowest BCUT2D eigenvalue weighted by atomic mass is 10.1. The number of carbonyl (C=O) groups is 2. The minimum atomic E-state index is -0.316. The van der Waals surface area contributed by atoms with Gasteiger partial charge in [-0.05, 0) is 71.4 Å². The molecule has 8 heteroatoms. The number of hydrogen-bond acceptors (Lipinski definition) is 4. The summed E-state index contributed by atoms with van der Waals surface area (Å²) >= 11 is 13.8. The Balaban J connectivity index is 1.55. The van der Waals surface area contributed by atoms with Crippen LogP contribution in [0.3, 0.4) is 0 Å². The molecule has 0 aliphatic carbocycles. The zero-order valence-electron chi connectivity index (χ0n) is 16.6. The predicted molar refractivity (Wildman–Crippen MR) is 136 cm³/mol. The van der Waals surface area contributed by atoms with Crippen molar-refractivity contribution in [1.82, 2.24) is 4.90 Å². The van der Waals surface area contributed by atoms with E-state index in [9.17, 15) is 9.59 Å². The van der Waals surface area contributed by atoms with Crippen LogP contribution in [0.1, 0.15) is 16.7 Å². The molecule has 1 saturated heterocycles. The van der Waals surface area contributed by atoms with Gasteiger partial charge in [0.1, 0.15) is 12.4 Å². The van der Waals surface area contributed by atoms with E-state index >= 15 is 0 Å². The highest BCUT2D eigenvalue weighted by Gasteiger charge is 2.35. The van der Waals surface area contributed by atoms with Gasteiger partial charge in [0.2, 0.25) is 0 Å². The van der Waals surface area contributed by atoms with Crippen molar-refractivity contribution < 1.29 is 14.3 Å². The number of nitrogens with zero attached hydrogens (tertiary/aromatic N) is 1. The van der Waals surface area contributed by atoms with Gasteiger partial charge in [-0.15, -0.1) is 0 Å². The molecular formula is C24H16Br2ClNO3S. The highest BCUT2D eigenvalue weighted by atomic mass is 79.9. The van der Waals surface area contributed by atoms with Crippen LogP contribution in [0.2, 0.25) is 5.02 Å². The first-order valence-electron chi connectivity index (χ1n) is 9.55. The Kier molecular flexibility index (Phi) is 7.40. The number of halogens is 3. The topological polar surface area (TPSA) is 46.6 Å². The Bertz CT molecular complexity index is 1210. The third kappa shape index (κ3) is 5.64. The van der Waals surface area contributed by atoms with E-state index in [0.717, 1.165) is 31.8 Å². The smallest absolute Gasteiger partial charge is 0.293 e. The molecule has 0 atom stereocenters. The summed E-state index contributed by atoms with van der Waals surface area (Å²) in [6.07, 6.45) is 1.70. The lowest BCUT2D eigenvalue weighted by Gasteiger charge is -2.13. The van der Waals surface area contributed by atoms with E-state index in [4.69, 9.17) is 16.3 Å². The third-order valence-electron chi connectivity index (χ3n) is 4.67. The first-order valence-corrected chi connectivity index (χ1v) is 12.3. The second-order valence-electron chi connectivity index (χ2n) is 7.00. The summed E-state index contributed by atoms with van der Waals surface area (Å²) in [5, 5.41) is 0.372. The van der Waals surface area contributed by atoms with Crippen LogP contribution in [0.15, 0.2) is 80.6 Å². The number of imide groups is 1. The average Bonchev–Trinajstić information content (AvgIpc) is 3.02. The molecule has 0 radical (unpaired) electrons. The maximum absolute atomic E-state index is 13.0. The first kappa shape index (κ1) is 23.1. The lowest BCUT2D eigenvalue weighted by Crippen LogP contribution is -2.27. The van der Waals surface area contributed by atoms with Gasteiger partial charge in [0.05, 0.1) is 11.4 Å². The maximum Gasteiger partial charge on any atom is 0.293 e. The maximum atomic E-state index is 13.0. The fourth-order valence-corrected chi connectivity index (χ4v) is 4.88. The zero-order chi connectivity index (χ0) is 22.7. The first-order chi connectivity index (χ1) is 15.4. The molecule has 3 aromatic carbocycles. The molecule has 32 heavy (non-hydrogen) atoms. The Labute approximate surface area is 211 Å². The molecule has 1 aliphatic rings. The van der Waals surface area contributed by atoms with E-state index < -0.39 is 0 Å². The van der Waals surface area contributed by atoms with E-state index in [-0.39, 0.29) is 17.7 Å². The molecule has 1 fully saturated rings. The number of hydrogen-bond donors (Lipinski definition) is 0. The van der Waals surface area contributed by atoms with Gasteiger partial charge in [-0.1, -0.05) is 67.7 Å². The number of carbonyl (C=O) groups excluding carboxylic acids is 2. The van der Waals surface area contributed by atoms with Crippen LogP contribution in [0.5, 0.6) is 5.75 Å². The Morgan fingerprint density at radius 3 is 2.44 bits per heavy atom. The SMILES string of the molecule is O=C1S/C(=C/c2cc(Br)ccc2OCc2ccc(Cl)cc2)C(=O)N1Cc1cccc(Br)c1. The van der Waals surface area contributed by atoms with E-state index in [1.807, 2.05) is 66.7 Å². The van der Waals surface area contributed by atoms with Crippen molar-refractivity contribution in [2.45, 2.75) is 13.2 Å². The molecule has 0 bridgehead atoms. The zero-order valence-corrected chi connectivity index (χ0v) is 21.3. The summed E-state index contributed by atoms with van der Waals surface area (Å²) in [6, 6.07) is 20.5. The summed E-state index contributed by atoms with van der Waals surface area (Å²) in [5.41, 5.74) is 2.55. The van der Waals surface area contributed by atoms with Gasteiger partial charge in [-0.3, -0.25) is 14.5 Å². The number of thioether (sulfide) groups is 1. The second-order valence-corrected chi connectivity index (χ2v) is 10.3. The fourth-order valence-electron chi connectivity index (χ4n) is 3.10. The average molecular weight is 594 g/mol. The number of amides is 2. The van der Waals surface area contributed by atoms with Crippen molar-refractivity contribution in [2.24, 2.45) is 0 Å². The van der Waals surface area contributed by atoms with Crippen LogP contribution in [0, 0.1) is 0 Å². The Morgan fingerprint density at radius 1 is 0.938 bits per heavy atom. The van der Waals surface area contributed by atoms with Gasteiger partial charge in [0.15, 0.2) is 0 Å². The molecule has 0 N–H and O–H groups in total. The van der Waals surface area contributed by atoms with Crippen LogP contribution in [-0.4, -0.2) is 16.0 Å². The highest BCUT2D eigenvalue weighted by Crippen LogP contribution is 2.36. The summed E-state index contributed by atoms with van der Waals surface area (Å²) in [5.74, 6) is 0.297. The third-order valence-corrected chi connectivity index (χ3v) is 6.82. The van der Waals surface area contributed by atoms with Crippen molar-refractivity contribution in [3.63, 3.8) is 0 Å². The molecule has 4 nitrogen and oxygen atoms in total. The van der Waals surface area contributed by atoms with Crippen LogP contribution < -0.4 is 4.74 Å². The molecule has 4 rings (SSSR count). The molecule has 0 unspecified atom stereocenters. The number of ether oxygens (including phenoxy) is 1. The van der Waals surface area contributed by atoms with E-state index in [2.05, 4.69) is 31.9 Å². The largest absolute Gasteiger partial charge is 0.488 e. The second kappa shape index (κ2) is 10.3. The van der Waals surface area contributed by atoms with Crippen molar-refractivity contribution >= 4 is 72.4 Å². The minimum absolute atomic E-state index is 0.222. The van der Waals surface area contributed by atoms with Crippen molar-refractivity contribution in [1.29, 1.82) is 0 Å². The molecule has 0 spiro atoms. The molecular weight excluding hydrogens is 578 g/mol. The van der Waals surface area contributed by atoms with Gasteiger partial charge in [0.25, 0.3) is 11.1 Å². The summed E-state index contributed by atoms with van der Waals surface area (Å²) < 4.78 is 7.73. The Morgan fingerprint density at radius 2 is 1.69 bits per heavy atom. The van der Waals surface area contributed by atoms with Crippen LogP contribution >= 0.6 is 55.2 Å². The van der Waals surface area contributed by atoms with Crippen molar-refractivity contribution in [2.75, 3.05) is 0 Å². The van der Waals surface area contributed by atoms with Crippen molar-refractivity contribution in [3.8, 4) is 5.75 Å². The predicted octanol–water partition coefficient (Wildman–Crippen LogP) is 7.68. The van der Waals surface area contributed by atoms with Crippen molar-refractivity contribution in [3.05, 3.63) is 102 Å². The molecule has 162 valence electrons. The summed E-state index contributed by atoms with van der Waals surface area (Å²) in [4.78, 5) is 27.1. The van der Waals surface area contributed by atoms with Crippen LogP contribution in [-0.2, 0) is 17.9 Å². The van der Waals surface area contributed by atoms with Crippen LogP contribution in [0.4, 0.5) is 4.79 Å². The summed E-state index contributed by atoms with van der Waals surface area (Å²) in [6.45, 7) is 0.573. The van der Waals surface area contributed by atoms with Gasteiger partial charge in [-0.2, -0.15) is 0 Å². The molecule has 2 amide bonds. The molecule has 1 aliphatic heterocycles. The monoisotopic (exact) mass is 591 g/mol. The van der Waals surface area contributed by atoms with E-state index in [1.54, 1.807) is 6.08 Å². The van der Waals surface area contributed by atoms with E-state index in [1.165, 1.54) is 4.90 Å². The molecule has 3 aromatic rings. The molecule has 0 saturated carbocycles. The fraction of sp³-hybridized carbons (Fsp3) is 0.0833. The normalized spacial score (nSPS) is 15.0. The number of benzene rings is 3. The minimum Gasteiger partial charge on any atom is -0.488 e. The molecule has 0 aromatic heterocycles. The lowest BCUT2D eigenvalue weighted by molar-refractivity contribution is -0.123. The Hall–Kier alpha value is -2.06. The van der Waals surface area contributed by atoms with Gasteiger partial charge >= 0.3 is 0 Å². The van der Waals surface area contributed by atoms with Gasteiger partial charge in [-0.25, -0.2) is 0 Å². The molecule has 1 heterocycles. The van der Waals surface area contributed by atoms with E-state index in [0.29, 0.717) is 27.8 Å². The quantitative estimate of drug-likeness (QED) is 0.275. The highest BCUT2D eigenvalue weighted by molar-refractivity contribution is 9.10. The summed E-state index contributed by atoms with van der Waals surface area (Å²) in [7, 11) is 0. The van der Waals surface area contributed by atoms with Gasteiger partial charge in [0, 0.05) is 19.5 Å². The number of rotatable bonds is 6. The van der Waals surface area contributed by atoms with Crippen LogP contribution in [0.25, 0.3) is 6.08 Å². The standard InChI is InChI=1S/C24H16Br2ClNO3S/c25-18-3-1-2-16(10-18)13-28-23(29)22(32-24(28)30)12-17-11-19(26)6-9-21(17)31-14-15-4-7-20(27)8-5-15/h1-12H,13-14H2/b22-12+.